The van der Waals surface area contributed by atoms with Gasteiger partial charge in [-0.25, -0.2) is 4.39 Å². The van der Waals surface area contributed by atoms with Gasteiger partial charge in [0, 0.05) is 42.9 Å². The third-order valence-electron chi connectivity index (χ3n) is 4.83. The Hall–Kier alpha value is -2.95. The van der Waals surface area contributed by atoms with Crippen molar-refractivity contribution in [3.05, 3.63) is 71.7 Å². The van der Waals surface area contributed by atoms with Gasteiger partial charge in [-0.3, -0.25) is 9.78 Å². The molecule has 2 heterocycles. The van der Waals surface area contributed by atoms with Crippen molar-refractivity contribution in [2.24, 2.45) is 0 Å². The molecular formula is C21H20FN3O. The summed E-state index contributed by atoms with van der Waals surface area (Å²) in [5.41, 5.74) is 3.39. The van der Waals surface area contributed by atoms with Crippen LogP contribution in [0.25, 0.3) is 10.9 Å². The molecule has 0 unspecified atom stereocenters. The molecule has 0 bridgehead atoms. The number of pyridine rings is 1. The molecule has 0 atom stereocenters. The van der Waals surface area contributed by atoms with E-state index >= 15 is 0 Å². The summed E-state index contributed by atoms with van der Waals surface area (Å²) in [4.78, 5) is 21.7. The third kappa shape index (κ3) is 3.12. The van der Waals surface area contributed by atoms with Gasteiger partial charge >= 0.3 is 0 Å². The lowest BCUT2D eigenvalue weighted by Gasteiger charge is -2.36. The molecule has 1 fully saturated rings. The number of hydrogen-bond donors (Lipinski definition) is 0. The monoisotopic (exact) mass is 349 g/mol. The van der Waals surface area contributed by atoms with Gasteiger partial charge in [0.15, 0.2) is 0 Å². The smallest absolute Gasteiger partial charge is 0.254 e. The number of amides is 1. The molecule has 5 heteroatoms. The van der Waals surface area contributed by atoms with Crippen molar-refractivity contribution >= 4 is 22.5 Å². The average molecular weight is 349 g/mol. The van der Waals surface area contributed by atoms with E-state index in [2.05, 4.69) is 9.88 Å². The first-order valence-electron chi connectivity index (χ1n) is 8.78. The van der Waals surface area contributed by atoms with Crippen LogP contribution < -0.4 is 4.90 Å². The van der Waals surface area contributed by atoms with Crippen LogP contribution in [0.1, 0.15) is 16.1 Å². The normalized spacial score (nSPS) is 14.7. The molecule has 0 spiro atoms. The van der Waals surface area contributed by atoms with Crippen LogP contribution in [-0.4, -0.2) is 42.0 Å². The van der Waals surface area contributed by atoms with E-state index in [-0.39, 0.29) is 11.7 Å². The fourth-order valence-electron chi connectivity index (χ4n) is 3.47. The minimum absolute atomic E-state index is 0.0467. The molecule has 26 heavy (non-hydrogen) atoms. The number of para-hydroxylation sites is 1. The molecule has 1 aliphatic rings. The van der Waals surface area contributed by atoms with E-state index in [4.69, 9.17) is 0 Å². The van der Waals surface area contributed by atoms with Crippen molar-refractivity contribution < 1.29 is 9.18 Å². The van der Waals surface area contributed by atoms with Crippen molar-refractivity contribution in [3.8, 4) is 0 Å². The summed E-state index contributed by atoms with van der Waals surface area (Å²) in [5, 5.41) is 0.893. The Balaban J connectivity index is 1.53. The Kier molecular flexibility index (Phi) is 4.29. The highest BCUT2D eigenvalue weighted by Gasteiger charge is 2.24. The predicted octanol–water partition coefficient (Wildman–Crippen LogP) is 3.64. The number of nitrogens with zero attached hydrogens (tertiary/aromatic N) is 3. The Morgan fingerprint density at radius 3 is 2.42 bits per heavy atom. The van der Waals surface area contributed by atoms with Crippen molar-refractivity contribution in [1.82, 2.24) is 9.88 Å². The molecule has 3 aromatic rings. The topological polar surface area (TPSA) is 36.4 Å². The van der Waals surface area contributed by atoms with Gasteiger partial charge in [0.25, 0.3) is 5.91 Å². The second kappa shape index (κ2) is 6.75. The van der Waals surface area contributed by atoms with Crippen LogP contribution >= 0.6 is 0 Å². The molecule has 0 N–H and O–H groups in total. The SMILES string of the molecule is Cc1cc(C(=O)N2CCN(c3ccc(F)cc3)CC2)c2ccccc2n1. The summed E-state index contributed by atoms with van der Waals surface area (Å²) in [6.45, 7) is 4.67. The highest BCUT2D eigenvalue weighted by Crippen LogP contribution is 2.22. The number of anilines is 1. The maximum Gasteiger partial charge on any atom is 0.254 e. The average Bonchev–Trinajstić information content (AvgIpc) is 2.67. The molecule has 1 saturated heterocycles. The lowest BCUT2D eigenvalue weighted by molar-refractivity contribution is 0.0748. The van der Waals surface area contributed by atoms with Gasteiger partial charge in [-0.05, 0) is 43.3 Å². The van der Waals surface area contributed by atoms with E-state index in [1.165, 1.54) is 12.1 Å². The Morgan fingerprint density at radius 1 is 1.00 bits per heavy atom. The number of benzene rings is 2. The standard InChI is InChI=1S/C21H20FN3O/c1-15-14-19(18-4-2-3-5-20(18)23-15)21(26)25-12-10-24(11-13-25)17-8-6-16(22)7-9-17/h2-9,14H,10-13H2,1H3. The van der Waals surface area contributed by atoms with Crippen LogP contribution in [-0.2, 0) is 0 Å². The minimum atomic E-state index is -0.234. The number of carbonyl (C=O) groups is 1. The first kappa shape index (κ1) is 16.5. The number of aromatic nitrogens is 1. The molecule has 2 aromatic carbocycles. The molecule has 0 aliphatic carbocycles. The molecule has 1 amide bonds. The molecule has 132 valence electrons. The summed E-state index contributed by atoms with van der Waals surface area (Å²) >= 11 is 0. The van der Waals surface area contributed by atoms with Crippen LogP contribution in [0, 0.1) is 12.7 Å². The van der Waals surface area contributed by atoms with Gasteiger partial charge in [-0.1, -0.05) is 18.2 Å². The molecule has 0 radical (unpaired) electrons. The lowest BCUT2D eigenvalue weighted by atomic mass is 10.1. The van der Waals surface area contributed by atoms with Crippen molar-refractivity contribution in [1.29, 1.82) is 0 Å². The van der Waals surface area contributed by atoms with E-state index in [9.17, 15) is 9.18 Å². The number of piperazine rings is 1. The Labute approximate surface area is 151 Å². The van der Waals surface area contributed by atoms with E-state index in [0.29, 0.717) is 18.7 Å². The zero-order valence-electron chi connectivity index (χ0n) is 14.7. The molecule has 4 nitrogen and oxygen atoms in total. The predicted molar refractivity (Wildman–Crippen MR) is 101 cm³/mol. The Bertz CT molecular complexity index is 947. The first-order valence-corrected chi connectivity index (χ1v) is 8.78. The van der Waals surface area contributed by atoms with Gasteiger partial charge < -0.3 is 9.80 Å². The van der Waals surface area contributed by atoms with Crippen LogP contribution in [0.3, 0.4) is 0 Å². The fourth-order valence-corrected chi connectivity index (χ4v) is 3.47. The van der Waals surface area contributed by atoms with E-state index in [0.717, 1.165) is 35.4 Å². The number of fused-ring (bicyclic) bond motifs is 1. The molecule has 1 aliphatic heterocycles. The minimum Gasteiger partial charge on any atom is -0.368 e. The maximum absolute atomic E-state index is 13.1. The van der Waals surface area contributed by atoms with E-state index in [1.807, 2.05) is 42.2 Å². The number of hydrogen-bond acceptors (Lipinski definition) is 3. The highest BCUT2D eigenvalue weighted by atomic mass is 19.1. The zero-order valence-corrected chi connectivity index (χ0v) is 14.7. The summed E-state index contributed by atoms with van der Waals surface area (Å²) in [7, 11) is 0. The number of rotatable bonds is 2. The van der Waals surface area contributed by atoms with Crippen molar-refractivity contribution in [2.45, 2.75) is 6.92 Å². The molecule has 4 rings (SSSR count). The summed E-state index contributed by atoms with van der Waals surface area (Å²) in [6.07, 6.45) is 0. The van der Waals surface area contributed by atoms with Crippen molar-refractivity contribution in [3.63, 3.8) is 0 Å². The largest absolute Gasteiger partial charge is 0.368 e. The van der Waals surface area contributed by atoms with Crippen molar-refractivity contribution in [2.75, 3.05) is 31.1 Å². The summed E-state index contributed by atoms with van der Waals surface area (Å²) in [6, 6.07) is 16.1. The third-order valence-corrected chi connectivity index (χ3v) is 4.83. The quantitative estimate of drug-likeness (QED) is 0.709. The van der Waals surface area contributed by atoms with Crippen LogP contribution in [0.5, 0.6) is 0 Å². The van der Waals surface area contributed by atoms with Gasteiger partial charge in [0.1, 0.15) is 5.82 Å². The molecule has 0 saturated carbocycles. The second-order valence-electron chi connectivity index (χ2n) is 6.58. The Morgan fingerprint density at radius 2 is 1.69 bits per heavy atom. The highest BCUT2D eigenvalue weighted by molar-refractivity contribution is 6.06. The van der Waals surface area contributed by atoms with Crippen LogP contribution in [0.4, 0.5) is 10.1 Å². The molecule has 1 aromatic heterocycles. The fraction of sp³-hybridized carbons (Fsp3) is 0.238. The summed E-state index contributed by atoms with van der Waals surface area (Å²) in [5.74, 6) is -0.187. The summed E-state index contributed by atoms with van der Waals surface area (Å²) < 4.78 is 13.1. The van der Waals surface area contributed by atoms with Gasteiger partial charge in [-0.2, -0.15) is 0 Å². The number of halogens is 1. The molecular weight excluding hydrogens is 329 g/mol. The van der Waals surface area contributed by atoms with Gasteiger partial charge in [-0.15, -0.1) is 0 Å². The van der Waals surface area contributed by atoms with Crippen LogP contribution in [0.2, 0.25) is 0 Å². The second-order valence-corrected chi connectivity index (χ2v) is 6.58. The van der Waals surface area contributed by atoms with E-state index < -0.39 is 0 Å². The van der Waals surface area contributed by atoms with Crippen LogP contribution in [0.15, 0.2) is 54.6 Å². The lowest BCUT2D eigenvalue weighted by Crippen LogP contribution is -2.48. The number of aryl methyl sites for hydroxylation is 1. The zero-order chi connectivity index (χ0) is 18.1. The first-order chi connectivity index (χ1) is 12.6. The van der Waals surface area contributed by atoms with Gasteiger partial charge in [0.2, 0.25) is 0 Å². The number of carbonyl (C=O) groups excluding carboxylic acids is 1. The maximum atomic E-state index is 13.1. The van der Waals surface area contributed by atoms with Gasteiger partial charge in [0.05, 0.1) is 11.1 Å². The van der Waals surface area contributed by atoms with E-state index in [1.54, 1.807) is 12.1 Å².